The minimum absolute atomic E-state index is 0.168. The second kappa shape index (κ2) is 3.87. The van der Waals surface area contributed by atoms with Crippen LogP contribution in [0.15, 0.2) is 6.07 Å². The van der Waals surface area contributed by atoms with Crippen molar-refractivity contribution in [1.29, 1.82) is 0 Å². The molecule has 0 atom stereocenters. The molecule has 0 fully saturated rings. The Kier molecular flexibility index (Phi) is 3.02. The van der Waals surface area contributed by atoms with Crippen LogP contribution in [-0.2, 0) is 5.33 Å². The smallest absolute Gasteiger partial charge is 0.267 e. The summed E-state index contributed by atoms with van der Waals surface area (Å²) in [5.74, 6) is -0.168. The molecule has 1 aromatic heterocycles. The van der Waals surface area contributed by atoms with E-state index in [9.17, 15) is 8.78 Å². The van der Waals surface area contributed by atoms with Gasteiger partial charge in [-0.3, -0.25) is 0 Å². The largest absolute Gasteiger partial charge is 0.397 e. The van der Waals surface area contributed by atoms with E-state index in [1.165, 1.54) is 0 Å². The van der Waals surface area contributed by atoms with Gasteiger partial charge < -0.3 is 11.5 Å². The van der Waals surface area contributed by atoms with Crippen molar-refractivity contribution in [2.75, 3.05) is 11.5 Å². The van der Waals surface area contributed by atoms with Crippen molar-refractivity contribution in [3.8, 4) is 0 Å². The Labute approximate surface area is 82.3 Å². The molecule has 1 aromatic rings. The molecule has 0 aliphatic heterocycles. The number of anilines is 2. The summed E-state index contributed by atoms with van der Waals surface area (Å²) in [6.45, 7) is 0. The Morgan fingerprint density at radius 1 is 1.46 bits per heavy atom. The monoisotopic (exact) mass is 251 g/mol. The van der Waals surface area contributed by atoms with Gasteiger partial charge in [0.25, 0.3) is 6.43 Å². The van der Waals surface area contributed by atoms with Gasteiger partial charge in [-0.1, -0.05) is 15.9 Å². The highest BCUT2D eigenvalue weighted by Crippen LogP contribution is 2.27. The molecular formula is C7H8BrF2N3. The van der Waals surface area contributed by atoms with Gasteiger partial charge in [-0.15, -0.1) is 0 Å². The Morgan fingerprint density at radius 3 is 2.54 bits per heavy atom. The third kappa shape index (κ3) is 2.06. The topological polar surface area (TPSA) is 64.9 Å². The molecule has 3 nitrogen and oxygen atoms in total. The molecule has 4 N–H and O–H groups in total. The predicted molar refractivity (Wildman–Crippen MR) is 50.6 cm³/mol. The summed E-state index contributed by atoms with van der Waals surface area (Å²) >= 11 is 3.12. The summed E-state index contributed by atoms with van der Waals surface area (Å²) in [6.07, 6.45) is -2.64. The van der Waals surface area contributed by atoms with E-state index in [4.69, 9.17) is 11.5 Å². The Bertz CT molecular complexity index is 317. The molecule has 6 heteroatoms. The summed E-state index contributed by atoms with van der Waals surface area (Å²) in [5, 5.41) is 0.395. The van der Waals surface area contributed by atoms with E-state index in [0.717, 1.165) is 6.07 Å². The molecule has 1 heterocycles. The highest BCUT2D eigenvalue weighted by Gasteiger charge is 2.14. The number of pyridine rings is 1. The van der Waals surface area contributed by atoms with Crippen molar-refractivity contribution in [3.63, 3.8) is 0 Å². The van der Waals surface area contributed by atoms with Gasteiger partial charge in [-0.25, -0.2) is 13.8 Å². The number of hydrogen-bond donors (Lipinski definition) is 2. The van der Waals surface area contributed by atoms with E-state index in [1.807, 2.05) is 0 Å². The van der Waals surface area contributed by atoms with Crippen LogP contribution in [-0.4, -0.2) is 4.98 Å². The van der Waals surface area contributed by atoms with Crippen LogP contribution in [0.3, 0.4) is 0 Å². The van der Waals surface area contributed by atoms with Crippen LogP contribution < -0.4 is 11.5 Å². The number of nitrogens with zero attached hydrogens (tertiary/aromatic N) is 1. The molecule has 0 amide bonds. The second-order valence-corrected chi connectivity index (χ2v) is 2.99. The molecule has 0 spiro atoms. The maximum Gasteiger partial charge on any atom is 0.267 e. The Morgan fingerprint density at radius 2 is 2.08 bits per heavy atom. The SMILES string of the molecule is Nc1cc(C(F)F)c(N)nc1CBr. The molecule has 13 heavy (non-hydrogen) atoms. The van der Waals surface area contributed by atoms with Crippen LogP contribution in [0, 0.1) is 0 Å². The fourth-order valence-corrected chi connectivity index (χ4v) is 1.33. The summed E-state index contributed by atoms with van der Waals surface area (Å²) in [7, 11) is 0. The van der Waals surface area contributed by atoms with Crippen molar-refractivity contribution in [3.05, 3.63) is 17.3 Å². The van der Waals surface area contributed by atoms with Gasteiger partial charge in [0.05, 0.1) is 16.9 Å². The third-order valence-electron chi connectivity index (χ3n) is 1.56. The fourth-order valence-electron chi connectivity index (χ4n) is 0.881. The molecule has 0 saturated heterocycles. The van der Waals surface area contributed by atoms with Crippen molar-refractivity contribution in [2.24, 2.45) is 0 Å². The molecule has 72 valence electrons. The molecule has 0 saturated carbocycles. The lowest BCUT2D eigenvalue weighted by Crippen LogP contribution is -2.04. The number of rotatable bonds is 2. The molecular weight excluding hydrogens is 244 g/mol. The van der Waals surface area contributed by atoms with E-state index < -0.39 is 6.43 Å². The summed E-state index contributed by atoms with van der Waals surface area (Å²) in [4.78, 5) is 3.74. The maximum absolute atomic E-state index is 12.3. The third-order valence-corrected chi connectivity index (χ3v) is 2.09. The predicted octanol–water partition coefficient (Wildman–Crippen LogP) is 2.08. The Balaban J connectivity index is 3.20. The van der Waals surface area contributed by atoms with Crippen molar-refractivity contribution < 1.29 is 8.78 Å². The van der Waals surface area contributed by atoms with Crippen molar-refractivity contribution in [1.82, 2.24) is 4.98 Å². The average Bonchev–Trinajstić information content (AvgIpc) is 2.07. The Hall–Kier alpha value is -0.910. The van der Waals surface area contributed by atoms with Gasteiger partial charge in [-0.05, 0) is 6.07 Å². The highest BCUT2D eigenvalue weighted by molar-refractivity contribution is 9.08. The van der Waals surface area contributed by atoms with Crippen LogP contribution >= 0.6 is 15.9 Å². The van der Waals surface area contributed by atoms with Gasteiger partial charge in [0.15, 0.2) is 0 Å². The second-order valence-electron chi connectivity index (χ2n) is 2.43. The van der Waals surface area contributed by atoms with Gasteiger partial charge in [0.2, 0.25) is 0 Å². The van der Waals surface area contributed by atoms with E-state index in [0.29, 0.717) is 11.0 Å². The fraction of sp³-hybridized carbons (Fsp3) is 0.286. The van der Waals surface area contributed by atoms with Crippen LogP contribution in [0.4, 0.5) is 20.3 Å². The molecule has 0 aliphatic rings. The first kappa shape index (κ1) is 10.2. The number of hydrogen-bond acceptors (Lipinski definition) is 3. The van der Waals surface area contributed by atoms with Crippen LogP contribution in [0.25, 0.3) is 0 Å². The zero-order chi connectivity index (χ0) is 10.0. The summed E-state index contributed by atoms with van der Waals surface area (Å²) in [5.41, 5.74) is 11.1. The zero-order valence-corrected chi connectivity index (χ0v) is 8.18. The minimum Gasteiger partial charge on any atom is -0.397 e. The zero-order valence-electron chi connectivity index (χ0n) is 6.60. The molecule has 0 radical (unpaired) electrons. The van der Waals surface area contributed by atoms with Gasteiger partial charge >= 0.3 is 0 Å². The quantitative estimate of drug-likeness (QED) is 0.792. The van der Waals surface area contributed by atoms with Crippen LogP contribution in [0.1, 0.15) is 17.7 Å². The lowest BCUT2D eigenvalue weighted by Gasteiger charge is -2.07. The summed E-state index contributed by atoms with van der Waals surface area (Å²) < 4.78 is 24.5. The van der Waals surface area contributed by atoms with Gasteiger partial charge in [0, 0.05) is 5.33 Å². The normalized spacial score (nSPS) is 10.8. The van der Waals surface area contributed by atoms with E-state index in [1.54, 1.807) is 0 Å². The number of alkyl halides is 3. The first-order chi connectivity index (χ1) is 6.06. The first-order valence-electron chi connectivity index (χ1n) is 3.45. The van der Waals surface area contributed by atoms with E-state index >= 15 is 0 Å². The van der Waals surface area contributed by atoms with Crippen LogP contribution in [0.2, 0.25) is 0 Å². The number of halogens is 3. The minimum atomic E-state index is -2.64. The van der Waals surface area contributed by atoms with Gasteiger partial charge in [0.1, 0.15) is 5.82 Å². The van der Waals surface area contributed by atoms with Crippen LogP contribution in [0.5, 0.6) is 0 Å². The van der Waals surface area contributed by atoms with E-state index in [-0.39, 0.29) is 17.1 Å². The lowest BCUT2D eigenvalue weighted by molar-refractivity contribution is 0.152. The molecule has 0 unspecified atom stereocenters. The van der Waals surface area contributed by atoms with Crippen molar-refractivity contribution >= 4 is 27.4 Å². The average molecular weight is 252 g/mol. The number of aromatic nitrogens is 1. The number of nitrogen functional groups attached to an aromatic ring is 2. The number of nitrogens with two attached hydrogens (primary N) is 2. The molecule has 1 rings (SSSR count). The van der Waals surface area contributed by atoms with E-state index in [2.05, 4.69) is 20.9 Å². The molecule has 0 bridgehead atoms. The standard InChI is InChI=1S/C7H8BrF2N3/c8-2-5-4(11)1-3(6(9)10)7(12)13-5/h1,6H,2,11H2,(H2,12,13). The maximum atomic E-state index is 12.3. The lowest BCUT2D eigenvalue weighted by atomic mass is 10.2. The van der Waals surface area contributed by atoms with Crippen molar-refractivity contribution in [2.45, 2.75) is 11.8 Å². The molecule has 0 aliphatic carbocycles. The molecule has 0 aromatic carbocycles. The van der Waals surface area contributed by atoms with Gasteiger partial charge in [-0.2, -0.15) is 0 Å². The first-order valence-corrected chi connectivity index (χ1v) is 4.57. The highest BCUT2D eigenvalue weighted by atomic mass is 79.9. The summed E-state index contributed by atoms with van der Waals surface area (Å²) in [6, 6.07) is 1.16.